The molecular weight excluding hydrogens is 348 g/mol. The van der Waals surface area contributed by atoms with Gasteiger partial charge in [0.2, 0.25) is 0 Å². The molecule has 0 saturated carbocycles. The number of alkyl halides is 2. The van der Waals surface area contributed by atoms with Crippen molar-refractivity contribution in [2.24, 2.45) is 5.14 Å². The maximum absolute atomic E-state index is 14.0. The van der Waals surface area contributed by atoms with E-state index in [1.807, 2.05) is 13.8 Å². The minimum Gasteiger partial charge on any atom is -0.598 e. The molecule has 1 aromatic rings. The maximum atomic E-state index is 14.0. The quantitative estimate of drug-likeness (QED) is 0.815. The smallest absolute Gasteiger partial charge is 0.273 e. The van der Waals surface area contributed by atoms with Crippen LogP contribution in [0, 0.1) is 0 Å². The van der Waals surface area contributed by atoms with E-state index in [0.29, 0.717) is 22.9 Å². The Morgan fingerprint density at radius 2 is 2.15 bits per heavy atom. The van der Waals surface area contributed by atoms with E-state index in [1.165, 1.54) is 6.07 Å². The first-order valence-corrected chi connectivity index (χ1v) is 8.48. The second-order valence-electron chi connectivity index (χ2n) is 5.93. The number of rotatable bonds is 3. The van der Waals surface area contributed by atoms with Crippen LogP contribution >= 0.6 is 15.9 Å². The largest absolute Gasteiger partial charge is 0.598 e. The predicted molar refractivity (Wildman–Crippen MR) is 81.0 cm³/mol. The third kappa shape index (κ3) is 3.18. The van der Waals surface area contributed by atoms with Crippen LogP contribution in [-0.4, -0.2) is 9.30 Å². The fourth-order valence-electron chi connectivity index (χ4n) is 2.73. The zero-order chi connectivity index (χ0) is 15.1. The van der Waals surface area contributed by atoms with Crippen molar-refractivity contribution in [3.8, 4) is 0 Å². The Hall–Kier alpha value is -0.170. The molecular formula is C14H18BrF2NOS. The van der Waals surface area contributed by atoms with Crippen molar-refractivity contribution < 1.29 is 13.3 Å². The average Bonchev–Trinajstić information content (AvgIpc) is 2.33. The number of hydrogen-bond donors (Lipinski definition) is 1. The first kappa shape index (κ1) is 16.2. The lowest BCUT2D eigenvalue weighted by atomic mass is 9.77. The fraction of sp³-hybridized carbons (Fsp3) is 0.571. The lowest BCUT2D eigenvalue weighted by molar-refractivity contribution is -0.0259. The van der Waals surface area contributed by atoms with Gasteiger partial charge >= 0.3 is 0 Å². The molecule has 0 saturated heterocycles. The van der Waals surface area contributed by atoms with E-state index in [4.69, 9.17) is 5.14 Å². The highest BCUT2D eigenvalue weighted by Crippen LogP contribution is 2.48. The van der Waals surface area contributed by atoms with Gasteiger partial charge in [-0.25, -0.2) is 8.78 Å². The number of hydrogen-bond acceptors (Lipinski definition) is 2. The van der Waals surface area contributed by atoms with Gasteiger partial charge in [-0.15, -0.1) is 0 Å². The van der Waals surface area contributed by atoms with Gasteiger partial charge in [0.25, 0.3) is 5.92 Å². The molecule has 0 heterocycles. The fourth-order valence-corrected chi connectivity index (χ4v) is 3.46. The Bertz CT molecular complexity index is 508. The van der Waals surface area contributed by atoms with Crippen molar-refractivity contribution >= 4 is 27.3 Å². The van der Waals surface area contributed by atoms with E-state index in [9.17, 15) is 13.3 Å². The molecule has 2 N–H and O–H groups in total. The Balaban J connectivity index is 2.36. The van der Waals surface area contributed by atoms with Crippen LogP contribution in [0.15, 0.2) is 22.7 Å². The van der Waals surface area contributed by atoms with Crippen molar-refractivity contribution in [1.29, 1.82) is 0 Å². The lowest BCUT2D eigenvalue weighted by Crippen LogP contribution is -2.40. The molecule has 1 aromatic carbocycles. The third-order valence-corrected chi connectivity index (χ3v) is 5.69. The molecule has 0 bridgehead atoms. The number of fused-ring (bicyclic) bond motifs is 1. The van der Waals surface area contributed by atoms with Gasteiger partial charge in [-0.3, -0.25) is 0 Å². The summed E-state index contributed by atoms with van der Waals surface area (Å²) in [4.78, 5) is 0. The molecule has 0 amide bonds. The van der Waals surface area contributed by atoms with Crippen LogP contribution in [0.3, 0.4) is 0 Å². The summed E-state index contributed by atoms with van der Waals surface area (Å²) >= 11 is 1.77. The first-order valence-electron chi connectivity index (χ1n) is 6.47. The van der Waals surface area contributed by atoms with Crippen molar-refractivity contribution in [1.82, 2.24) is 0 Å². The van der Waals surface area contributed by atoms with E-state index < -0.39 is 22.0 Å². The molecule has 0 aliphatic heterocycles. The van der Waals surface area contributed by atoms with Crippen LogP contribution in [0.25, 0.3) is 0 Å². The zero-order valence-electron chi connectivity index (χ0n) is 11.5. The van der Waals surface area contributed by atoms with Gasteiger partial charge in [0.1, 0.15) is 4.75 Å². The summed E-state index contributed by atoms with van der Waals surface area (Å²) < 4.78 is 39.7. The standard InChI is InChI=1S/C14H18BrF2NOS/c1-13(2,20(18)19)8-9-5-6-14(16,17)12-7-10(15)3-4-11(9)12/h3-4,7,9H,5-6,8,18H2,1-2H3. The molecule has 112 valence electrons. The molecule has 1 aliphatic rings. The van der Waals surface area contributed by atoms with Gasteiger partial charge in [-0.05, 0) is 43.9 Å². The Morgan fingerprint density at radius 1 is 1.50 bits per heavy atom. The Morgan fingerprint density at radius 3 is 2.75 bits per heavy atom. The van der Waals surface area contributed by atoms with Crippen LogP contribution in [0.4, 0.5) is 8.78 Å². The predicted octanol–water partition coefficient (Wildman–Crippen LogP) is 4.21. The van der Waals surface area contributed by atoms with Gasteiger partial charge < -0.3 is 4.55 Å². The molecule has 1 aliphatic carbocycles. The van der Waals surface area contributed by atoms with Gasteiger partial charge in [0, 0.05) is 34.2 Å². The highest BCUT2D eigenvalue weighted by molar-refractivity contribution is 9.10. The normalized spacial score (nSPS) is 23.2. The van der Waals surface area contributed by atoms with Crippen LogP contribution in [-0.2, 0) is 17.3 Å². The van der Waals surface area contributed by atoms with E-state index in [-0.39, 0.29) is 17.9 Å². The molecule has 2 rings (SSSR count). The summed E-state index contributed by atoms with van der Waals surface area (Å²) in [5, 5.41) is 5.50. The number of halogens is 3. The summed E-state index contributed by atoms with van der Waals surface area (Å²) in [6.07, 6.45) is 0.761. The monoisotopic (exact) mass is 365 g/mol. The highest BCUT2D eigenvalue weighted by atomic mass is 79.9. The van der Waals surface area contributed by atoms with Crippen LogP contribution in [0.5, 0.6) is 0 Å². The molecule has 2 unspecified atom stereocenters. The van der Waals surface area contributed by atoms with E-state index >= 15 is 0 Å². The maximum Gasteiger partial charge on any atom is 0.273 e. The van der Waals surface area contributed by atoms with E-state index in [1.54, 1.807) is 12.1 Å². The van der Waals surface area contributed by atoms with Crippen molar-refractivity contribution in [2.75, 3.05) is 0 Å². The minimum absolute atomic E-state index is 0.0276. The molecule has 0 fully saturated rings. The summed E-state index contributed by atoms with van der Waals surface area (Å²) in [6.45, 7) is 3.63. The lowest BCUT2D eigenvalue weighted by Gasteiger charge is -2.35. The molecule has 2 atom stereocenters. The second kappa shape index (κ2) is 5.55. The van der Waals surface area contributed by atoms with Gasteiger partial charge in [-0.1, -0.05) is 22.0 Å². The second-order valence-corrected chi connectivity index (χ2v) is 8.55. The molecule has 6 heteroatoms. The van der Waals surface area contributed by atoms with Gasteiger partial charge in [-0.2, -0.15) is 5.14 Å². The molecule has 0 spiro atoms. The minimum atomic E-state index is -2.79. The van der Waals surface area contributed by atoms with E-state index in [2.05, 4.69) is 15.9 Å². The SMILES string of the molecule is CC(C)(CC1CCC(F)(F)c2cc(Br)ccc21)[S+](N)[O-]. The van der Waals surface area contributed by atoms with Crippen molar-refractivity contribution in [3.63, 3.8) is 0 Å². The summed E-state index contributed by atoms with van der Waals surface area (Å²) in [5.74, 6) is -2.82. The third-order valence-electron chi connectivity index (χ3n) is 3.94. The number of nitrogens with two attached hydrogens (primary N) is 1. The molecule has 20 heavy (non-hydrogen) atoms. The Kier molecular flexibility index (Phi) is 4.50. The van der Waals surface area contributed by atoms with Crippen LogP contribution < -0.4 is 5.14 Å². The molecule has 0 aromatic heterocycles. The van der Waals surface area contributed by atoms with Gasteiger partial charge in [0.15, 0.2) is 0 Å². The number of benzene rings is 1. The summed E-state index contributed by atoms with van der Waals surface area (Å²) in [7, 11) is 0. The average molecular weight is 366 g/mol. The van der Waals surface area contributed by atoms with Crippen LogP contribution in [0.1, 0.15) is 50.2 Å². The van der Waals surface area contributed by atoms with Crippen LogP contribution in [0.2, 0.25) is 0 Å². The van der Waals surface area contributed by atoms with E-state index in [0.717, 1.165) is 0 Å². The topological polar surface area (TPSA) is 49.1 Å². The highest BCUT2D eigenvalue weighted by Gasteiger charge is 2.43. The molecule has 0 radical (unpaired) electrons. The molecule has 2 nitrogen and oxygen atoms in total. The van der Waals surface area contributed by atoms with Gasteiger partial charge in [0.05, 0.1) is 0 Å². The van der Waals surface area contributed by atoms with Crippen molar-refractivity contribution in [2.45, 2.75) is 49.7 Å². The zero-order valence-corrected chi connectivity index (χ0v) is 13.9. The van der Waals surface area contributed by atoms with Crippen molar-refractivity contribution in [3.05, 3.63) is 33.8 Å². The first-order chi connectivity index (χ1) is 9.13. The Labute approximate surface area is 129 Å². The summed E-state index contributed by atoms with van der Waals surface area (Å²) in [6, 6.07) is 5.01. The summed E-state index contributed by atoms with van der Waals surface area (Å²) in [5.41, 5.74) is 0.740.